The molecule has 0 aliphatic rings. The number of halogens is 1. The van der Waals surface area contributed by atoms with Crippen molar-refractivity contribution < 1.29 is 0 Å². The SMILES string of the molecule is Clc1ccc(-c2nc3cccnc3n2Cc2ccccn2)cc1. The minimum atomic E-state index is 0.617. The molecule has 5 heteroatoms. The molecule has 0 N–H and O–H groups in total. The van der Waals surface area contributed by atoms with Gasteiger partial charge in [0.25, 0.3) is 0 Å². The molecule has 0 saturated heterocycles. The van der Waals surface area contributed by atoms with Gasteiger partial charge in [0.2, 0.25) is 0 Å². The molecule has 3 heterocycles. The Balaban J connectivity index is 1.89. The average Bonchev–Trinajstić information content (AvgIpc) is 2.95. The molecule has 0 atom stereocenters. The summed E-state index contributed by atoms with van der Waals surface area (Å²) >= 11 is 6.00. The third kappa shape index (κ3) is 2.69. The summed E-state index contributed by atoms with van der Waals surface area (Å²) in [5.74, 6) is 0.862. The summed E-state index contributed by atoms with van der Waals surface area (Å²) in [5, 5.41) is 0.708. The molecule has 4 nitrogen and oxygen atoms in total. The van der Waals surface area contributed by atoms with Gasteiger partial charge in [0.05, 0.1) is 12.2 Å². The van der Waals surface area contributed by atoms with E-state index in [2.05, 4.69) is 14.5 Å². The maximum atomic E-state index is 6.00. The smallest absolute Gasteiger partial charge is 0.160 e. The van der Waals surface area contributed by atoms with Crippen LogP contribution in [-0.2, 0) is 6.54 Å². The van der Waals surface area contributed by atoms with Crippen molar-refractivity contribution in [3.05, 3.63) is 77.7 Å². The summed E-state index contributed by atoms with van der Waals surface area (Å²) < 4.78 is 2.08. The van der Waals surface area contributed by atoms with Gasteiger partial charge in [-0.15, -0.1) is 0 Å². The quantitative estimate of drug-likeness (QED) is 0.568. The molecule has 0 saturated carbocycles. The highest BCUT2D eigenvalue weighted by Crippen LogP contribution is 2.25. The second-order valence-electron chi connectivity index (χ2n) is 5.20. The number of imidazole rings is 1. The van der Waals surface area contributed by atoms with Crippen LogP contribution in [0.25, 0.3) is 22.6 Å². The van der Waals surface area contributed by atoms with Crippen LogP contribution >= 0.6 is 11.6 Å². The van der Waals surface area contributed by atoms with Crippen LogP contribution in [0.15, 0.2) is 67.0 Å². The lowest BCUT2D eigenvalue weighted by Gasteiger charge is -2.08. The molecule has 0 amide bonds. The van der Waals surface area contributed by atoms with E-state index < -0.39 is 0 Å². The summed E-state index contributed by atoms with van der Waals surface area (Å²) in [4.78, 5) is 13.6. The average molecular weight is 321 g/mol. The summed E-state index contributed by atoms with van der Waals surface area (Å²) in [6, 6.07) is 17.4. The van der Waals surface area contributed by atoms with Crippen molar-refractivity contribution in [1.82, 2.24) is 19.5 Å². The van der Waals surface area contributed by atoms with E-state index in [1.54, 1.807) is 12.4 Å². The fourth-order valence-corrected chi connectivity index (χ4v) is 2.71. The topological polar surface area (TPSA) is 43.6 Å². The second kappa shape index (κ2) is 5.82. The highest BCUT2D eigenvalue weighted by molar-refractivity contribution is 6.30. The van der Waals surface area contributed by atoms with Crippen LogP contribution in [0, 0.1) is 0 Å². The molecule has 4 rings (SSSR count). The Hall–Kier alpha value is -2.72. The standard InChI is InChI=1S/C18H13ClN4/c19-14-8-6-13(7-9-14)17-22-16-5-3-11-21-18(16)23(17)12-15-4-1-2-10-20-15/h1-11H,12H2. The fourth-order valence-electron chi connectivity index (χ4n) is 2.58. The number of pyridine rings is 2. The van der Waals surface area contributed by atoms with Crippen LogP contribution in [0.5, 0.6) is 0 Å². The molecule has 0 radical (unpaired) electrons. The van der Waals surface area contributed by atoms with Crippen molar-refractivity contribution in [2.45, 2.75) is 6.54 Å². The fraction of sp³-hybridized carbons (Fsp3) is 0.0556. The molecule has 4 aromatic rings. The summed E-state index contributed by atoms with van der Waals surface area (Å²) in [7, 11) is 0. The Morgan fingerprint density at radius 2 is 1.70 bits per heavy atom. The number of rotatable bonds is 3. The van der Waals surface area contributed by atoms with Gasteiger partial charge in [0, 0.05) is 23.0 Å². The summed E-state index contributed by atoms with van der Waals surface area (Å²) in [6.07, 6.45) is 3.58. The van der Waals surface area contributed by atoms with Gasteiger partial charge in [-0.05, 0) is 48.5 Å². The molecule has 0 aliphatic heterocycles. The lowest BCUT2D eigenvalue weighted by molar-refractivity contribution is 0.797. The van der Waals surface area contributed by atoms with Crippen molar-refractivity contribution in [2.24, 2.45) is 0 Å². The molecule has 0 aliphatic carbocycles. The van der Waals surface area contributed by atoms with Crippen molar-refractivity contribution in [3.8, 4) is 11.4 Å². The normalized spacial score (nSPS) is 11.0. The van der Waals surface area contributed by atoms with E-state index in [1.807, 2.05) is 54.6 Å². The summed E-state index contributed by atoms with van der Waals surface area (Å²) in [6.45, 7) is 0.617. The third-order valence-corrected chi connectivity index (χ3v) is 3.90. The van der Waals surface area contributed by atoms with Crippen LogP contribution in [0.2, 0.25) is 5.02 Å². The molecule has 3 aromatic heterocycles. The van der Waals surface area contributed by atoms with Crippen molar-refractivity contribution in [2.75, 3.05) is 0 Å². The predicted octanol–water partition coefficient (Wildman–Crippen LogP) is 4.20. The van der Waals surface area contributed by atoms with Crippen LogP contribution in [-0.4, -0.2) is 19.5 Å². The van der Waals surface area contributed by atoms with Crippen LogP contribution in [0.4, 0.5) is 0 Å². The molecular weight excluding hydrogens is 308 g/mol. The molecule has 0 fully saturated rings. The zero-order chi connectivity index (χ0) is 15.6. The molecule has 23 heavy (non-hydrogen) atoms. The van der Waals surface area contributed by atoms with Gasteiger partial charge >= 0.3 is 0 Å². The number of nitrogens with zero attached hydrogens (tertiary/aromatic N) is 4. The largest absolute Gasteiger partial charge is 0.303 e. The van der Waals surface area contributed by atoms with E-state index in [1.165, 1.54) is 0 Å². The zero-order valence-electron chi connectivity index (χ0n) is 12.2. The third-order valence-electron chi connectivity index (χ3n) is 3.65. The predicted molar refractivity (Wildman–Crippen MR) is 91.3 cm³/mol. The highest BCUT2D eigenvalue weighted by atomic mass is 35.5. The van der Waals surface area contributed by atoms with Gasteiger partial charge in [-0.3, -0.25) is 4.98 Å². The minimum Gasteiger partial charge on any atom is -0.303 e. The Labute approximate surface area is 138 Å². The van der Waals surface area contributed by atoms with E-state index in [4.69, 9.17) is 16.6 Å². The minimum absolute atomic E-state index is 0.617. The Bertz CT molecular complexity index is 946. The van der Waals surface area contributed by atoms with Gasteiger partial charge in [-0.2, -0.15) is 0 Å². The van der Waals surface area contributed by atoms with Gasteiger partial charge < -0.3 is 4.57 Å². The van der Waals surface area contributed by atoms with Gasteiger partial charge in [0.1, 0.15) is 11.3 Å². The molecular formula is C18H13ClN4. The van der Waals surface area contributed by atoms with Gasteiger partial charge in [0.15, 0.2) is 5.65 Å². The Morgan fingerprint density at radius 3 is 2.48 bits per heavy atom. The Morgan fingerprint density at radius 1 is 0.870 bits per heavy atom. The number of hydrogen-bond acceptors (Lipinski definition) is 3. The summed E-state index contributed by atoms with van der Waals surface area (Å²) in [5.41, 5.74) is 3.69. The first-order valence-corrected chi connectivity index (χ1v) is 7.66. The maximum absolute atomic E-state index is 6.00. The van der Waals surface area contributed by atoms with Crippen LogP contribution < -0.4 is 0 Å². The number of aromatic nitrogens is 4. The van der Waals surface area contributed by atoms with Crippen LogP contribution in [0.1, 0.15) is 5.69 Å². The van der Waals surface area contributed by atoms with Crippen molar-refractivity contribution in [3.63, 3.8) is 0 Å². The lowest BCUT2D eigenvalue weighted by Crippen LogP contribution is -2.04. The van der Waals surface area contributed by atoms with Gasteiger partial charge in [-0.25, -0.2) is 9.97 Å². The van der Waals surface area contributed by atoms with Gasteiger partial charge in [-0.1, -0.05) is 17.7 Å². The van der Waals surface area contributed by atoms with E-state index in [9.17, 15) is 0 Å². The monoisotopic (exact) mass is 320 g/mol. The highest BCUT2D eigenvalue weighted by Gasteiger charge is 2.14. The molecule has 112 valence electrons. The van der Waals surface area contributed by atoms with E-state index >= 15 is 0 Å². The molecule has 0 spiro atoms. The second-order valence-corrected chi connectivity index (χ2v) is 5.63. The first-order chi connectivity index (χ1) is 11.3. The van der Waals surface area contributed by atoms with Crippen molar-refractivity contribution in [1.29, 1.82) is 0 Å². The van der Waals surface area contributed by atoms with E-state index in [0.717, 1.165) is 28.2 Å². The maximum Gasteiger partial charge on any atom is 0.160 e. The molecule has 0 bridgehead atoms. The first-order valence-electron chi connectivity index (χ1n) is 7.28. The van der Waals surface area contributed by atoms with Crippen molar-refractivity contribution >= 4 is 22.8 Å². The molecule has 0 unspecified atom stereocenters. The lowest BCUT2D eigenvalue weighted by atomic mass is 10.2. The van der Waals surface area contributed by atoms with Crippen LogP contribution in [0.3, 0.4) is 0 Å². The van der Waals surface area contributed by atoms with E-state index in [0.29, 0.717) is 11.6 Å². The van der Waals surface area contributed by atoms with E-state index in [-0.39, 0.29) is 0 Å². The Kier molecular flexibility index (Phi) is 3.52. The zero-order valence-corrected chi connectivity index (χ0v) is 13.0. The number of hydrogen-bond donors (Lipinski definition) is 0. The number of fused-ring (bicyclic) bond motifs is 1. The number of benzene rings is 1. The molecule has 1 aromatic carbocycles. The first kappa shape index (κ1) is 13.9.